The van der Waals surface area contributed by atoms with Crippen LogP contribution >= 0.6 is 7.37 Å². The number of ether oxygens (including phenoxy) is 1. The van der Waals surface area contributed by atoms with Gasteiger partial charge in [-0.1, -0.05) is 6.92 Å². The van der Waals surface area contributed by atoms with Gasteiger partial charge < -0.3 is 9.26 Å². The Morgan fingerprint density at radius 2 is 1.81 bits per heavy atom. The van der Waals surface area contributed by atoms with Crippen LogP contribution in [-0.4, -0.2) is 26.4 Å². The smallest absolute Gasteiger partial charge is 0.337 e. The Bertz CT molecular complexity index is 402. The number of hydrogen-bond donors (Lipinski definition) is 0. The number of benzene rings is 1. The Morgan fingerprint density at radius 1 is 1.25 bits per heavy atom. The third-order valence-electron chi connectivity index (χ3n) is 2.39. The molecular formula is C11H15O4P. The molecule has 0 saturated heterocycles. The summed E-state index contributed by atoms with van der Waals surface area (Å²) in [7, 11) is 0.00667. The minimum absolute atomic E-state index is 0.407. The minimum Gasteiger partial charge on any atom is -0.465 e. The van der Waals surface area contributed by atoms with Gasteiger partial charge in [0.15, 0.2) is 0 Å². The molecule has 1 aromatic rings. The highest BCUT2D eigenvalue weighted by atomic mass is 31.2. The maximum atomic E-state index is 12.2. The summed E-state index contributed by atoms with van der Waals surface area (Å²) >= 11 is 0. The van der Waals surface area contributed by atoms with Crippen LogP contribution < -0.4 is 5.30 Å². The van der Waals surface area contributed by atoms with Crippen molar-refractivity contribution in [2.75, 3.05) is 20.4 Å². The van der Waals surface area contributed by atoms with Gasteiger partial charge in [0.05, 0.1) is 12.7 Å². The van der Waals surface area contributed by atoms with Crippen molar-refractivity contribution in [1.29, 1.82) is 0 Å². The van der Waals surface area contributed by atoms with E-state index >= 15 is 0 Å². The monoisotopic (exact) mass is 242 g/mol. The first kappa shape index (κ1) is 12.9. The first-order chi connectivity index (χ1) is 7.57. The van der Waals surface area contributed by atoms with E-state index in [2.05, 4.69) is 4.74 Å². The van der Waals surface area contributed by atoms with Crippen LogP contribution in [0.5, 0.6) is 0 Å². The lowest BCUT2D eigenvalue weighted by Gasteiger charge is -2.14. The summed E-state index contributed by atoms with van der Waals surface area (Å²) in [6.07, 6.45) is 0.432. The molecule has 0 aliphatic heterocycles. The molecule has 88 valence electrons. The van der Waals surface area contributed by atoms with E-state index in [0.717, 1.165) is 0 Å². The van der Waals surface area contributed by atoms with Crippen LogP contribution in [0.25, 0.3) is 0 Å². The Kier molecular flexibility index (Phi) is 4.27. The van der Waals surface area contributed by atoms with Gasteiger partial charge in [-0.05, 0) is 24.3 Å². The fourth-order valence-corrected chi connectivity index (χ4v) is 2.80. The number of rotatable bonds is 4. The Balaban J connectivity index is 3.03. The second kappa shape index (κ2) is 5.28. The van der Waals surface area contributed by atoms with Crippen molar-refractivity contribution in [2.45, 2.75) is 6.92 Å². The Labute approximate surface area is 95.0 Å². The molecule has 0 N–H and O–H groups in total. The van der Waals surface area contributed by atoms with Crippen molar-refractivity contribution in [1.82, 2.24) is 0 Å². The van der Waals surface area contributed by atoms with Crippen LogP contribution in [0.1, 0.15) is 17.3 Å². The fourth-order valence-electron chi connectivity index (χ4n) is 1.36. The van der Waals surface area contributed by atoms with Gasteiger partial charge in [-0.15, -0.1) is 0 Å². The lowest BCUT2D eigenvalue weighted by molar-refractivity contribution is 0.0601. The van der Waals surface area contributed by atoms with E-state index in [1.807, 2.05) is 0 Å². The van der Waals surface area contributed by atoms with Crippen molar-refractivity contribution in [3.05, 3.63) is 29.8 Å². The number of methoxy groups -OCH3 is 1. The van der Waals surface area contributed by atoms with Crippen molar-refractivity contribution in [3.63, 3.8) is 0 Å². The summed E-state index contributed by atoms with van der Waals surface area (Å²) in [4.78, 5) is 11.2. The van der Waals surface area contributed by atoms with Crippen LogP contribution in [0, 0.1) is 0 Å². The molecule has 0 radical (unpaired) electrons. The Morgan fingerprint density at radius 3 is 2.19 bits per heavy atom. The maximum absolute atomic E-state index is 12.2. The summed E-state index contributed by atoms with van der Waals surface area (Å²) in [6, 6.07) is 6.45. The number of carbonyl (C=O) groups excluding carboxylic acids is 1. The number of esters is 1. The first-order valence-electron chi connectivity index (χ1n) is 4.91. The molecular weight excluding hydrogens is 227 g/mol. The average molecular weight is 242 g/mol. The summed E-state index contributed by atoms with van der Waals surface area (Å²) in [5, 5.41) is 0.616. The van der Waals surface area contributed by atoms with Crippen molar-refractivity contribution < 1.29 is 18.6 Å². The van der Waals surface area contributed by atoms with Gasteiger partial charge >= 0.3 is 5.97 Å². The zero-order chi connectivity index (χ0) is 12.2. The quantitative estimate of drug-likeness (QED) is 0.599. The summed E-state index contributed by atoms with van der Waals surface area (Å²) in [5.74, 6) is -0.407. The van der Waals surface area contributed by atoms with Crippen LogP contribution in [0.2, 0.25) is 0 Å². The molecule has 1 atom stereocenters. The molecule has 0 heterocycles. The van der Waals surface area contributed by atoms with Gasteiger partial charge in [-0.2, -0.15) is 0 Å². The normalized spacial score (nSPS) is 14.2. The predicted molar refractivity (Wildman–Crippen MR) is 62.6 cm³/mol. The fraction of sp³-hybridized carbons (Fsp3) is 0.364. The van der Waals surface area contributed by atoms with Crippen LogP contribution in [0.3, 0.4) is 0 Å². The lowest BCUT2D eigenvalue weighted by Crippen LogP contribution is -2.10. The summed E-state index contributed by atoms with van der Waals surface area (Å²) in [5.41, 5.74) is 0.435. The van der Waals surface area contributed by atoms with Crippen molar-refractivity contribution >= 4 is 18.6 Å². The lowest BCUT2D eigenvalue weighted by atomic mass is 10.2. The summed E-state index contributed by atoms with van der Waals surface area (Å²) < 4.78 is 21.8. The molecule has 0 fully saturated rings. The minimum atomic E-state index is -2.74. The van der Waals surface area contributed by atoms with Crippen LogP contribution in [0.4, 0.5) is 0 Å². The molecule has 0 spiro atoms. The van der Waals surface area contributed by atoms with Gasteiger partial charge in [0, 0.05) is 18.6 Å². The molecule has 1 unspecified atom stereocenters. The largest absolute Gasteiger partial charge is 0.465 e. The van der Waals surface area contributed by atoms with Crippen molar-refractivity contribution in [3.8, 4) is 0 Å². The maximum Gasteiger partial charge on any atom is 0.337 e. The molecule has 5 heteroatoms. The first-order valence-corrected chi connectivity index (χ1v) is 6.72. The van der Waals surface area contributed by atoms with E-state index in [0.29, 0.717) is 17.0 Å². The summed E-state index contributed by atoms with van der Waals surface area (Å²) in [6.45, 7) is 1.80. The standard InChI is InChI=1S/C11H15O4P/c1-4-16(13,15-3)10-7-5-9(6-8-10)11(12)14-2/h5-8H,4H2,1-3H3. The van der Waals surface area contributed by atoms with E-state index in [1.165, 1.54) is 14.2 Å². The molecule has 1 rings (SSSR count). The highest BCUT2D eigenvalue weighted by Crippen LogP contribution is 2.43. The topological polar surface area (TPSA) is 52.6 Å². The molecule has 4 nitrogen and oxygen atoms in total. The highest BCUT2D eigenvalue weighted by Gasteiger charge is 2.21. The highest BCUT2D eigenvalue weighted by molar-refractivity contribution is 7.66. The van der Waals surface area contributed by atoms with Crippen molar-refractivity contribution in [2.24, 2.45) is 0 Å². The predicted octanol–water partition coefficient (Wildman–Crippen LogP) is 2.04. The molecule has 0 aromatic heterocycles. The third-order valence-corrected chi connectivity index (χ3v) is 4.90. The van der Waals surface area contributed by atoms with E-state index < -0.39 is 13.3 Å². The van der Waals surface area contributed by atoms with Gasteiger partial charge in [0.2, 0.25) is 7.37 Å². The van der Waals surface area contributed by atoms with Gasteiger partial charge in [-0.25, -0.2) is 4.79 Å². The van der Waals surface area contributed by atoms with E-state index in [-0.39, 0.29) is 0 Å². The number of hydrogen-bond acceptors (Lipinski definition) is 4. The van der Waals surface area contributed by atoms with Gasteiger partial charge in [-0.3, -0.25) is 4.57 Å². The molecule has 0 bridgehead atoms. The molecule has 0 aliphatic rings. The van der Waals surface area contributed by atoms with Gasteiger partial charge in [0.25, 0.3) is 0 Å². The molecule has 0 aliphatic carbocycles. The van der Waals surface area contributed by atoms with E-state index in [1.54, 1.807) is 31.2 Å². The van der Waals surface area contributed by atoms with Crippen LogP contribution in [-0.2, 0) is 13.8 Å². The van der Waals surface area contributed by atoms with E-state index in [4.69, 9.17) is 4.52 Å². The zero-order valence-electron chi connectivity index (χ0n) is 9.60. The SMILES string of the molecule is CCP(=O)(OC)c1ccc(C(=O)OC)cc1. The third kappa shape index (κ3) is 2.52. The molecule has 0 amide bonds. The molecule has 0 saturated carbocycles. The number of carbonyl (C=O) groups is 1. The second-order valence-electron chi connectivity index (χ2n) is 3.21. The van der Waals surface area contributed by atoms with Crippen LogP contribution in [0.15, 0.2) is 24.3 Å². The van der Waals surface area contributed by atoms with E-state index in [9.17, 15) is 9.36 Å². The zero-order valence-corrected chi connectivity index (χ0v) is 10.5. The molecule has 1 aromatic carbocycles. The molecule has 16 heavy (non-hydrogen) atoms. The second-order valence-corrected chi connectivity index (χ2v) is 6.07. The average Bonchev–Trinajstić information content (AvgIpc) is 2.37. The Hall–Kier alpha value is -1.12. The van der Waals surface area contributed by atoms with Gasteiger partial charge in [0.1, 0.15) is 0 Å².